The van der Waals surface area contributed by atoms with E-state index in [4.69, 9.17) is 4.98 Å². The van der Waals surface area contributed by atoms with E-state index >= 15 is 0 Å². The Morgan fingerprint density at radius 3 is 2.70 bits per heavy atom. The van der Waals surface area contributed by atoms with E-state index in [9.17, 15) is 4.79 Å². The monoisotopic (exact) mass is 397 g/mol. The molecule has 4 aromatic rings. The van der Waals surface area contributed by atoms with Gasteiger partial charge in [0.2, 0.25) is 0 Å². The quantitative estimate of drug-likeness (QED) is 0.388. The zero-order valence-corrected chi connectivity index (χ0v) is 17.2. The second kappa shape index (κ2) is 6.94. The van der Waals surface area contributed by atoms with Crippen molar-refractivity contribution in [3.05, 3.63) is 57.2 Å². The predicted molar refractivity (Wildman–Crippen MR) is 110 cm³/mol. The minimum atomic E-state index is -0.0186. The summed E-state index contributed by atoms with van der Waals surface area (Å²) in [5.74, 6) is 1.45. The number of rotatable bonds is 4. The van der Waals surface area contributed by atoms with Gasteiger partial charge in [0.1, 0.15) is 17.0 Å². The maximum Gasteiger partial charge on any atom is 0.263 e. The normalized spacial score (nSPS) is 11.4. The second-order valence-corrected chi connectivity index (χ2v) is 8.28. The largest absolute Gasteiger partial charge is 0.290 e. The van der Waals surface area contributed by atoms with Crippen molar-refractivity contribution in [3.8, 4) is 11.1 Å². The molecule has 0 spiro atoms. The molecule has 0 atom stereocenters. The van der Waals surface area contributed by atoms with E-state index in [1.807, 2.05) is 12.4 Å². The van der Waals surface area contributed by atoms with Crippen molar-refractivity contribution in [2.75, 3.05) is 0 Å². The number of hydrogen-bond acceptors (Lipinski definition) is 6. The Morgan fingerprint density at radius 2 is 2.00 bits per heavy atom. The second-order valence-electron chi connectivity index (χ2n) is 6.48. The van der Waals surface area contributed by atoms with Crippen LogP contribution in [0, 0.1) is 13.8 Å². The van der Waals surface area contributed by atoms with Crippen LogP contribution in [0.2, 0.25) is 0 Å². The number of aromatic nitrogens is 5. The van der Waals surface area contributed by atoms with Gasteiger partial charge < -0.3 is 0 Å². The van der Waals surface area contributed by atoms with Crippen LogP contribution in [0.15, 0.2) is 39.9 Å². The highest BCUT2D eigenvalue weighted by Gasteiger charge is 2.16. The first-order chi connectivity index (χ1) is 13.0. The lowest BCUT2D eigenvalue weighted by Gasteiger charge is -2.08. The molecule has 4 rings (SSSR count). The van der Waals surface area contributed by atoms with Gasteiger partial charge in [-0.3, -0.25) is 14.0 Å². The lowest BCUT2D eigenvalue weighted by molar-refractivity contribution is 0.717. The number of aryl methyl sites for hydroxylation is 3. The molecule has 1 aromatic carbocycles. The summed E-state index contributed by atoms with van der Waals surface area (Å²) < 4.78 is 3.35. The van der Waals surface area contributed by atoms with Crippen molar-refractivity contribution >= 4 is 33.3 Å². The Bertz CT molecular complexity index is 1200. The molecule has 0 saturated carbocycles. The van der Waals surface area contributed by atoms with Crippen molar-refractivity contribution in [1.29, 1.82) is 0 Å². The van der Waals surface area contributed by atoms with Crippen LogP contribution < -0.4 is 5.56 Å². The number of thiophene rings is 1. The molecule has 138 valence electrons. The van der Waals surface area contributed by atoms with E-state index in [1.54, 1.807) is 16.3 Å². The molecule has 27 heavy (non-hydrogen) atoms. The molecule has 0 unspecified atom stereocenters. The van der Waals surface area contributed by atoms with E-state index in [-0.39, 0.29) is 5.56 Å². The minimum absolute atomic E-state index is 0.0186. The number of hydrogen-bond donors (Lipinski definition) is 0. The number of thioether (sulfide) groups is 1. The van der Waals surface area contributed by atoms with Crippen LogP contribution in [0.1, 0.15) is 17.0 Å². The van der Waals surface area contributed by atoms with Gasteiger partial charge in [-0.15, -0.1) is 11.3 Å². The maximum absolute atomic E-state index is 13.1. The van der Waals surface area contributed by atoms with Gasteiger partial charge in [-0.2, -0.15) is 5.10 Å². The highest BCUT2D eigenvalue weighted by Crippen LogP contribution is 2.33. The Hall–Kier alpha value is -2.45. The molecule has 0 aliphatic carbocycles. The van der Waals surface area contributed by atoms with E-state index in [0.29, 0.717) is 16.3 Å². The third-order valence-corrected chi connectivity index (χ3v) is 6.63. The van der Waals surface area contributed by atoms with Gasteiger partial charge in [0.25, 0.3) is 5.56 Å². The minimum Gasteiger partial charge on any atom is -0.290 e. The van der Waals surface area contributed by atoms with Gasteiger partial charge in [0, 0.05) is 25.0 Å². The third-order valence-electron chi connectivity index (χ3n) is 4.73. The van der Waals surface area contributed by atoms with Crippen molar-refractivity contribution in [2.45, 2.75) is 24.8 Å². The Morgan fingerprint density at radius 1 is 1.19 bits per heavy atom. The zero-order chi connectivity index (χ0) is 19.1. The van der Waals surface area contributed by atoms with Crippen LogP contribution in [0.4, 0.5) is 0 Å². The van der Waals surface area contributed by atoms with E-state index < -0.39 is 0 Å². The van der Waals surface area contributed by atoms with Crippen LogP contribution in [0.3, 0.4) is 0 Å². The SMILES string of the molecule is Cc1ccc(-c2csc3nc(SCc4ncnn4C)n(C)c(=O)c23)cc1C. The molecule has 0 aliphatic heterocycles. The predicted octanol–water partition coefficient (Wildman–Crippen LogP) is 3.70. The average Bonchev–Trinajstić information content (AvgIpc) is 3.25. The molecule has 3 heterocycles. The summed E-state index contributed by atoms with van der Waals surface area (Å²) in [5, 5.41) is 7.48. The number of nitrogens with zero attached hydrogens (tertiary/aromatic N) is 5. The lowest BCUT2D eigenvalue weighted by Crippen LogP contribution is -2.19. The summed E-state index contributed by atoms with van der Waals surface area (Å²) in [6, 6.07) is 6.30. The molecule has 0 N–H and O–H groups in total. The summed E-state index contributed by atoms with van der Waals surface area (Å²) in [6.07, 6.45) is 1.53. The van der Waals surface area contributed by atoms with Crippen LogP contribution in [0.25, 0.3) is 21.3 Å². The highest BCUT2D eigenvalue weighted by molar-refractivity contribution is 7.98. The Kier molecular flexibility index (Phi) is 4.61. The van der Waals surface area contributed by atoms with Crippen molar-refractivity contribution < 1.29 is 0 Å². The zero-order valence-electron chi connectivity index (χ0n) is 15.6. The van der Waals surface area contributed by atoms with E-state index in [0.717, 1.165) is 21.8 Å². The Labute approximate surface area is 164 Å². The highest BCUT2D eigenvalue weighted by atomic mass is 32.2. The van der Waals surface area contributed by atoms with E-state index in [2.05, 4.69) is 42.1 Å². The summed E-state index contributed by atoms with van der Waals surface area (Å²) in [6.45, 7) is 4.18. The van der Waals surface area contributed by atoms with Crippen molar-refractivity contribution in [1.82, 2.24) is 24.3 Å². The first-order valence-electron chi connectivity index (χ1n) is 8.47. The lowest BCUT2D eigenvalue weighted by atomic mass is 10.0. The maximum atomic E-state index is 13.1. The summed E-state index contributed by atoms with van der Waals surface area (Å²) >= 11 is 3.00. The Balaban J connectivity index is 1.76. The third kappa shape index (κ3) is 3.19. The molecule has 8 heteroatoms. The van der Waals surface area contributed by atoms with Crippen LogP contribution in [0.5, 0.6) is 0 Å². The molecule has 3 aromatic heterocycles. The van der Waals surface area contributed by atoms with Crippen LogP contribution in [-0.4, -0.2) is 24.3 Å². The van der Waals surface area contributed by atoms with Crippen molar-refractivity contribution in [2.24, 2.45) is 14.1 Å². The fourth-order valence-corrected chi connectivity index (χ4v) is 4.83. The first kappa shape index (κ1) is 17.9. The van der Waals surface area contributed by atoms with E-state index in [1.165, 1.54) is 40.6 Å². The summed E-state index contributed by atoms with van der Waals surface area (Å²) in [7, 11) is 3.63. The molecular formula is C19H19N5OS2. The number of benzene rings is 1. The fraction of sp³-hybridized carbons (Fsp3) is 0.263. The average molecular weight is 398 g/mol. The van der Waals surface area contributed by atoms with Crippen molar-refractivity contribution in [3.63, 3.8) is 0 Å². The molecule has 0 bridgehead atoms. The van der Waals surface area contributed by atoms with Gasteiger partial charge >= 0.3 is 0 Å². The van der Waals surface area contributed by atoms with Gasteiger partial charge in [0.05, 0.1) is 11.1 Å². The fourth-order valence-electron chi connectivity index (χ4n) is 2.88. The number of fused-ring (bicyclic) bond motifs is 1. The molecule has 0 amide bonds. The smallest absolute Gasteiger partial charge is 0.263 e. The topological polar surface area (TPSA) is 65.6 Å². The molecule has 0 fully saturated rings. The summed E-state index contributed by atoms with van der Waals surface area (Å²) in [4.78, 5) is 22.8. The molecule has 6 nitrogen and oxygen atoms in total. The van der Waals surface area contributed by atoms with Gasteiger partial charge in [-0.25, -0.2) is 9.97 Å². The van der Waals surface area contributed by atoms with Crippen LogP contribution in [-0.2, 0) is 19.8 Å². The summed E-state index contributed by atoms with van der Waals surface area (Å²) in [5.41, 5.74) is 4.45. The van der Waals surface area contributed by atoms with Gasteiger partial charge in [-0.1, -0.05) is 30.0 Å². The molecule has 0 saturated heterocycles. The molecular weight excluding hydrogens is 378 g/mol. The van der Waals surface area contributed by atoms with Gasteiger partial charge in [0.15, 0.2) is 5.16 Å². The first-order valence-corrected chi connectivity index (χ1v) is 10.3. The standard InChI is InChI=1S/C19H19N5OS2/c1-11-5-6-13(7-12(11)2)14-8-26-17-16(14)18(25)23(3)19(22-17)27-9-15-20-10-21-24(15)4/h5-8,10H,9H2,1-4H3. The van der Waals surface area contributed by atoms with Crippen LogP contribution >= 0.6 is 23.1 Å². The molecule has 0 aliphatic rings. The van der Waals surface area contributed by atoms with Gasteiger partial charge in [-0.05, 0) is 30.5 Å². The molecule has 0 radical (unpaired) electrons.